The van der Waals surface area contributed by atoms with Crippen molar-refractivity contribution < 1.29 is 9.15 Å². The summed E-state index contributed by atoms with van der Waals surface area (Å²) in [5, 5.41) is 13.3. The van der Waals surface area contributed by atoms with Gasteiger partial charge in [-0.05, 0) is 59.0 Å². The molecule has 3 heterocycles. The van der Waals surface area contributed by atoms with Crippen molar-refractivity contribution >= 4 is 10.9 Å². The van der Waals surface area contributed by atoms with E-state index in [0.29, 0.717) is 25.7 Å². The third kappa shape index (κ3) is 4.29. The van der Waals surface area contributed by atoms with E-state index < -0.39 is 0 Å². The van der Waals surface area contributed by atoms with Crippen LogP contribution in [0.15, 0.2) is 51.9 Å². The van der Waals surface area contributed by atoms with Gasteiger partial charge in [0.05, 0.1) is 25.4 Å². The average Bonchev–Trinajstić information content (AvgIpc) is 3.58. The van der Waals surface area contributed by atoms with E-state index in [1.165, 1.54) is 12.8 Å². The molecule has 0 atom stereocenters. The van der Waals surface area contributed by atoms with Crippen molar-refractivity contribution in [3.05, 3.63) is 70.2 Å². The van der Waals surface area contributed by atoms with E-state index in [-0.39, 0.29) is 5.56 Å². The van der Waals surface area contributed by atoms with Crippen molar-refractivity contribution in [2.24, 2.45) is 0 Å². The molecular formula is C23H26N6O3. The van der Waals surface area contributed by atoms with Crippen LogP contribution in [0.2, 0.25) is 0 Å². The molecule has 166 valence electrons. The van der Waals surface area contributed by atoms with Crippen LogP contribution in [0, 0.1) is 0 Å². The Kier molecular flexibility index (Phi) is 5.72. The van der Waals surface area contributed by atoms with Crippen LogP contribution in [-0.2, 0) is 19.6 Å². The molecule has 0 radical (unpaired) electrons. The molecule has 0 saturated heterocycles. The highest BCUT2D eigenvalue weighted by molar-refractivity contribution is 5.80. The van der Waals surface area contributed by atoms with Gasteiger partial charge in [-0.2, -0.15) is 0 Å². The fraction of sp³-hybridized carbons (Fsp3) is 0.391. The number of nitrogens with one attached hydrogen (secondary N) is 1. The predicted molar refractivity (Wildman–Crippen MR) is 118 cm³/mol. The second-order valence-corrected chi connectivity index (χ2v) is 8.25. The number of rotatable bonds is 8. The van der Waals surface area contributed by atoms with E-state index in [2.05, 4.69) is 25.4 Å². The van der Waals surface area contributed by atoms with Crippen molar-refractivity contribution in [1.29, 1.82) is 0 Å². The summed E-state index contributed by atoms with van der Waals surface area (Å²) >= 11 is 0. The van der Waals surface area contributed by atoms with Crippen molar-refractivity contribution in [2.45, 2.75) is 51.4 Å². The molecule has 4 aromatic rings. The van der Waals surface area contributed by atoms with Gasteiger partial charge in [-0.25, -0.2) is 4.68 Å². The van der Waals surface area contributed by atoms with Gasteiger partial charge in [0.2, 0.25) is 0 Å². The van der Waals surface area contributed by atoms with Gasteiger partial charge in [-0.3, -0.25) is 9.69 Å². The lowest BCUT2D eigenvalue weighted by atomic mass is 10.1. The summed E-state index contributed by atoms with van der Waals surface area (Å²) in [6, 6.07) is 11.9. The monoisotopic (exact) mass is 434 g/mol. The lowest BCUT2D eigenvalue weighted by Crippen LogP contribution is -2.35. The lowest BCUT2D eigenvalue weighted by molar-refractivity contribution is 0.172. The number of ether oxygens (including phenoxy) is 1. The third-order valence-electron chi connectivity index (χ3n) is 6.18. The minimum absolute atomic E-state index is 0.0797. The van der Waals surface area contributed by atoms with Crippen LogP contribution in [0.4, 0.5) is 0 Å². The van der Waals surface area contributed by atoms with E-state index in [9.17, 15) is 4.79 Å². The Morgan fingerprint density at radius 3 is 2.88 bits per heavy atom. The smallest absolute Gasteiger partial charge is 0.252 e. The van der Waals surface area contributed by atoms with Crippen LogP contribution in [0.5, 0.6) is 5.75 Å². The van der Waals surface area contributed by atoms with E-state index in [1.807, 2.05) is 36.4 Å². The molecule has 1 aliphatic rings. The van der Waals surface area contributed by atoms with E-state index in [1.54, 1.807) is 18.1 Å². The summed E-state index contributed by atoms with van der Waals surface area (Å²) in [5.74, 6) is 2.28. The number of pyridine rings is 1. The Morgan fingerprint density at radius 1 is 1.22 bits per heavy atom. The van der Waals surface area contributed by atoms with E-state index in [0.717, 1.165) is 46.6 Å². The Morgan fingerprint density at radius 2 is 2.09 bits per heavy atom. The Hall–Kier alpha value is -3.46. The van der Waals surface area contributed by atoms with Crippen LogP contribution >= 0.6 is 0 Å². The number of hydrogen-bond acceptors (Lipinski definition) is 7. The summed E-state index contributed by atoms with van der Waals surface area (Å²) in [6.07, 6.45) is 6.27. The molecule has 1 saturated carbocycles. The van der Waals surface area contributed by atoms with Crippen molar-refractivity contribution in [1.82, 2.24) is 30.1 Å². The molecule has 1 aromatic carbocycles. The molecule has 1 aliphatic carbocycles. The standard InChI is InChI=1S/C23H26N6O3/c1-31-19-9-8-16-11-17(23(30)24-21(16)12-19)13-28(18-5-2-3-6-18)15-22-25-26-27-29(22)14-20-7-4-10-32-20/h4,7-12,18H,2-3,5-6,13-15H2,1H3,(H,24,30). The van der Waals surface area contributed by atoms with Gasteiger partial charge in [-0.1, -0.05) is 12.8 Å². The summed E-state index contributed by atoms with van der Waals surface area (Å²) in [7, 11) is 1.62. The zero-order chi connectivity index (χ0) is 21.9. The highest BCUT2D eigenvalue weighted by Gasteiger charge is 2.25. The number of aromatic amines is 1. The Bertz CT molecular complexity index is 1240. The zero-order valence-electron chi connectivity index (χ0n) is 18.0. The highest BCUT2D eigenvalue weighted by Crippen LogP contribution is 2.26. The van der Waals surface area contributed by atoms with E-state index in [4.69, 9.17) is 9.15 Å². The fourth-order valence-corrected chi connectivity index (χ4v) is 4.46. The summed E-state index contributed by atoms with van der Waals surface area (Å²) < 4.78 is 12.5. The second-order valence-electron chi connectivity index (χ2n) is 8.25. The first-order valence-corrected chi connectivity index (χ1v) is 10.9. The molecule has 3 aromatic heterocycles. The average molecular weight is 435 g/mol. The number of H-pyrrole nitrogens is 1. The molecule has 32 heavy (non-hydrogen) atoms. The first kappa shape index (κ1) is 20.4. The molecule has 0 amide bonds. The van der Waals surface area contributed by atoms with Crippen molar-refractivity contribution in [2.75, 3.05) is 7.11 Å². The quantitative estimate of drug-likeness (QED) is 0.455. The molecule has 9 heteroatoms. The topological polar surface area (TPSA) is 102 Å². The number of furan rings is 1. The maximum absolute atomic E-state index is 12.9. The summed E-state index contributed by atoms with van der Waals surface area (Å²) in [4.78, 5) is 18.2. The number of tetrazole rings is 1. The number of benzene rings is 1. The van der Waals surface area contributed by atoms with Crippen LogP contribution in [0.25, 0.3) is 10.9 Å². The van der Waals surface area contributed by atoms with Crippen LogP contribution in [0.3, 0.4) is 0 Å². The molecule has 1 fully saturated rings. The molecular weight excluding hydrogens is 408 g/mol. The van der Waals surface area contributed by atoms with Gasteiger partial charge in [0, 0.05) is 24.2 Å². The van der Waals surface area contributed by atoms with Gasteiger partial charge in [0.25, 0.3) is 5.56 Å². The molecule has 0 spiro atoms. The van der Waals surface area contributed by atoms with Crippen LogP contribution < -0.4 is 10.3 Å². The Labute approximate surface area is 185 Å². The minimum Gasteiger partial charge on any atom is -0.497 e. The fourth-order valence-electron chi connectivity index (χ4n) is 4.46. The first-order chi connectivity index (χ1) is 15.7. The number of aromatic nitrogens is 5. The largest absolute Gasteiger partial charge is 0.497 e. The highest BCUT2D eigenvalue weighted by atomic mass is 16.5. The second kappa shape index (κ2) is 8.96. The van der Waals surface area contributed by atoms with Crippen molar-refractivity contribution in [3.63, 3.8) is 0 Å². The van der Waals surface area contributed by atoms with Gasteiger partial charge in [-0.15, -0.1) is 5.10 Å². The van der Waals surface area contributed by atoms with E-state index >= 15 is 0 Å². The summed E-state index contributed by atoms with van der Waals surface area (Å²) in [5.41, 5.74) is 1.43. The molecule has 1 N–H and O–H groups in total. The normalized spacial score (nSPS) is 14.6. The number of fused-ring (bicyclic) bond motifs is 1. The number of nitrogens with zero attached hydrogens (tertiary/aromatic N) is 5. The molecule has 9 nitrogen and oxygen atoms in total. The first-order valence-electron chi connectivity index (χ1n) is 10.9. The van der Waals surface area contributed by atoms with Crippen LogP contribution in [-0.4, -0.2) is 43.2 Å². The molecule has 0 bridgehead atoms. The minimum atomic E-state index is -0.0797. The lowest BCUT2D eigenvalue weighted by Gasteiger charge is -2.28. The molecule has 0 aliphatic heterocycles. The number of methoxy groups -OCH3 is 1. The molecule has 0 unspecified atom stereocenters. The van der Waals surface area contributed by atoms with Crippen molar-refractivity contribution in [3.8, 4) is 5.75 Å². The Balaban J connectivity index is 1.42. The zero-order valence-corrected chi connectivity index (χ0v) is 18.0. The third-order valence-corrected chi connectivity index (χ3v) is 6.18. The summed E-state index contributed by atoms with van der Waals surface area (Å²) in [6.45, 7) is 1.58. The number of hydrogen-bond donors (Lipinski definition) is 1. The maximum atomic E-state index is 12.9. The SMILES string of the molecule is COc1ccc2cc(CN(Cc3nnnn3Cc3ccco3)C3CCCC3)c(=O)[nH]c2c1. The van der Waals surface area contributed by atoms with Crippen LogP contribution in [0.1, 0.15) is 42.8 Å². The predicted octanol–water partition coefficient (Wildman–Crippen LogP) is 3.11. The van der Waals surface area contributed by atoms with Gasteiger partial charge in [0.1, 0.15) is 18.1 Å². The van der Waals surface area contributed by atoms with Gasteiger partial charge >= 0.3 is 0 Å². The maximum Gasteiger partial charge on any atom is 0.252 e. The van der Waals surface area contributed by atoms with Gasteiger partial charge < -0.3 is 14.1 Å². The van der Waals surface area contributed by atoms with Gasteiger partial charge in [0.15, 0.2) is 5.82 Å². The molecule has 5 rings (SSSR count).